The molecule has 0 spiro atoms. The van der Waals surface area contributed by atoms with Crippen molar-refractivity contribution in [2.45, 2.75) is 73.6 Å². The summed E-state index contributed by atoms with van der Waals surface area (Å²) in [5.74, 6) is 1.88. The van der Waals surface area contributed by atoms with Crippen molar-refractivity contribution in [2.24, 2.45) is 10.8 Å². The molecule has 29 heavy (non-hydrogen) atoms. The maximum atomic E-state index is 5.92. The van der Waals surface area contributed by atoms with Crippen LogP contribution in [0.3, 0.4) is 0 Å². The quantitative estimate of drug-likeness (QED) is 0.456. The van der Waals surface area contributed by atoms with Crippen molar-refractivity contribution >= 4 is 0 Å². The van der Waals surface area contributed by atoms with E-state index >= 15 is 0 Å². The van der Waals surface area contributed by atoms with Crippen LogP contribution in [0.4, 0.5) is 0 Å². The van der Waals surface area contributed by atoms with E-state index in [1.165, 1.54) is 11.1 Å². The van der Waals surface area contributed by atoms with E-state index < -0.39 is 0 Å². The summed E-state index contributed by atoms with van der Waals surface area (Å²) >= 11 is 0. The van der Waals surface area contributed by atoms with Gasteiger partial charge in [0.15, 0.2) is 0 Å². The maximum absolute atomic E-state index is 5.92. The zero-order valence-electron chi connectivity index (χ0n) is 19.8. The minimum atomic E-state index is -0.0755. The van der Waals surface area contributed by atoms with Gasteiger partial charge in [-0.1, -0.05) is 79.7 Å². The minimum Gasteiger partial charge on any atom is -0.494 e. The lowest BCUT2D eigenvalue weighted by atomic mass is 9.78. The molecular formula is C27H40O2. The highest BCUT2D eigenvalue weighted by atomic mass is 16.5. The number of hydrogen-bond donors (Lipinski definition) is 0. The molecule has 2 heteroatoms. The van der Waals surface area contributed by atoms with E-state index in [4.69, 9.17) is 9.47 Å². The van der Waals surface area contributed by atoms with Crippen LogP contribution >= 0.6 is 0 Å². The highest BCUT2D eigenvalue weighted by molar-refractivity contribution is 5.41. The van der Waals surface area contributed by atoms with E-state index in [9.17, 15) is 0 Å². The first-order chi connectivity index (χ1) is 13.4. The second kappa shape index (κ2) is 9.24. The smallest absolute Gasteiger partial charge is 0.119 e. The van der Waals surface area contributed by atoms with E-state index in [2.05, 4.69) is 104 Å². The molecule has 0 saturated carbocycles. The van der Waals surface area contributed by atoms with Crippen molar-refractivity contribution in [3.63, 3.8) is 0 Å². The van der Waals surface area contributed by atoms with E-state index in [1.807, 2.05) is 0 Å². The zero-order valence-corrected chi connectivity index (χ0v) is 19.8. The van der Waals surface area contributed by atoms with Crippen LogP contribution < -0.4 is 9.47 Å². The molecule has 0 bridgehead atoms. The normalized spacial score (nSPS) is 12.7. The van der Waals surface area contributed by atoms with Crippen LogP contribution in [0.25, 0.3) is 0 Å². The Balaban J connectivity index is 1.98. The SMILES string of the molecule is CC(C)(C)CCOc1ccc(C(C)(C)c2ccc(OCCC(C)(C)C)cc2)cc1. The predicted molar refractivity (Wildman–Crippen MR) is 124 cm³/mol. The van der Waals surface area contributed by atoms with Gasteiger partial charge in [0.05, 0.1) is 13.2 Å². The van der Waals surface area contributed by atoms with E-state index in [0.29, 0.717) is 10.8 Å². The first-order valence-corrected chi connectivity index (χ1v) is 10.8. The molecule has 160 valence electrons. The van der Waals surface area contributed by atoms with Gasteiger partial charge in [0.2, 0.25) is 0 Å². The Morgan fingerprint density at radius 2 is 0.828 bits per heavy atom. The van der Waals surface area contributed by atoms with Crippen LogP contribution in [0, 0.1) is 10.8 Å². The third-order valence-corrected chi connectivity index (χ3v) is 5.39. The molecule has 0 unspecified atom stereocenters. The van der Waals surface area contributed by atoms with E-state index in [1.54, 1.807) is 0 Å². The Kier molecular flexibility index (Phi) is 7.43. The van der Waals surface area contributed by atoms with Crippen LogP contribution in [0.2, 0.25) is 0 Å². The van der Waals surface area contributed by atoms with Gasteiger partial charge in [0.25, 0.3) is 0 Å². The highest BCUT2D eigenvalue weighted by Gasteiger charge is 2.23. The monoisotopic (exact) mass is 396 g/mol. The van der Waals surface area contributed by atoms with Gasteiger partial charge in [-0.3, -0.25) is 0 Å². The van der Waals surface area contributed by atoms with Crippen LogP contribution in [0.1, 0.15) is 79.4 Å². The fourth-order valence-corrected chi connectivity index (χ4v) is 3.05. The van der Waals surface area contributed by atoms with Gasteiger partial charge in [-0.2, -0.15) is 0 Å². The molecule has 0 aromatic heterocycles. The summed E-state index contributed by atoms with van der Waals surface area (Å²) in [7, 11) is 0. The molecule has 0 aliphatic rings. The summed E-state index contributed by atoms with van der Waals surface area (Å²) in [6.45, 7) is 19.5. The average Bonchev–Trinajstić information content (AvgIpc) is 2.60. The molecule has 0 amide bonds. The standard InChI is InChI=1S/C27H40O2/c1-25(2,3)17-19-28-23-13-9-21(10-14-23)27(7,8)22-11-15-24(16-12-22)29-20-18-26(4,5)6/h9-16H,17-20H2,1-8H3. The Labute approximate surface area is 178 Å². The molecule has 0 heterocycles. The summed E-state index contributed by atoms with van der Waals surface area (Å²) in [6, 6.07) is 17.1. The molecule has 2 nitrogen and oxygen atoms in total. The Bertz CT molecular complexity index is 676. The molecule has 0 saturated heterocycles. The predicted octanol–water partition coefficient (Wildman–Crippen LogP) is 7.64. The number of benzene rings is 2. The van der Waals surface area contributed by atoms with Gasteiger partial charge in [-0.15, -0.1) is 0 Å². The summed E-state index contributed by atoms with van der Waals surface area (Å²) in [4.78, 5) is 0. The molecule has 0 radical (unpaired) electrons. The van der Waals surface area contributed by atoms with Crippen molar-refractivity contribution < 1.29 is 9.47 Å². The lowest BCUT2D eigenvalue weighted by Gasteiger charge is -2.27. The fraction of sp³-hybridized carbons (Fsp3) is 0.556. The molecule has 2 rings (SSSR count). The van der Waals surface area contributed by atoms with Crippen LogP contribution in [-0.4, -0.2) is 13.2 Å². The van der Waals surface area contributed by atoms with Crippen LogP contribution in [0.5, 0.6) is 11.5 Å². The molecule has 0 aliphatic carbocycles. The molecule has 0 aliphatic heterocycles. The fourth-order valence-electron chi connectivity index (χ4n) is 3.05. The van der Waals surface area contributed by atoms with Crippen molar-refractivity contribution in [1.29, 1.82) is 0 Å². The Morgan fingerprint density at radius 1 is 0.517 bits per heavy atom. The minimum absolute atomic E-state index is 0.0755. The van der Waals surface area contributed by atoms with Crippen LogP contribution in [0.15, 0.2) is 48.5 Å². The molecule has 2 aromatic rings. The van der Waals surface area contributed by atoms with Crippen molar-refractivity contribution in [3.05, 3.63) is 59.7 Å². The third kappa shape index (κ3) is 7.76. The molecule has 2 aromatic carbocycles. The van der Waals surface area contributed by atoms with Crippen molar-refractivity contribution in [2.75, 3.05) is 13.2 Å². The average molecular weight is 397 g/mol. The lowest BCUT2D eigenvalue weighted by Crippen LogP contribution is -2.19. The molecule has 0 fully saturated rings. The van der Waals surface area contributed by atoms with Gasteiger partial charge in [0.1, 0.15) is 11.5 Å². The molecule has 0 N–H and O–H groups in total. The van der Waals surface area contributed by atoms with Gasteiger partial charge < -0.3 is 9.47 Å². The zero-order chi connectivity index (χ0) is 21.7. The Morgan fingerprint density at radius 3 is 1.10 bits per heavy atom. The number of rotatable bonds is 8. The first kappa shape index (κ1) is 23.3. The highest BCUT2D eigenvalue weighted by Crippen LogP contribution is 2.33. The summed E-state index contributed by atoms with van der Waals surface area (Å²) in [5.41, 5.74) is 3.08. The topological polar surface area (TPSA) is 18.5 Å². The summed E-state index contributed by atoms with van der Waals surface area (Å²) < 4.78 is 11.8. The third-order valence-electron chi connectivity index (χ3n) is 5.39. The van der Waals surface area contributed by atoms with Gasteiger partial charge in [-0.25, -0.2) is 0 Å². The van der Waals surface area contributed by atoms with Gasteiger partial charge in [0, 0.05) is 5.41 Å². The molecule has 0 atom stereocenters. The van der Waals surface area contributed by atoms with E-state index in [-0.39, 0.29) is 5.41 Å². The Hall–Kier alpha value is -1.96. The van der Waals surface area contributed by atoms with Crippen molar-refractivity contribution in [3.8, 4) is 11.5 Å². The van der Waals surface area contributed by atoms with Gasteiger partial charge >= 0.3 is 0 Å². The number of ether oxygens (including phenoxy) is 2. The maximum Gasteiger partial charge on any atom is 0.119 e. The first-order valence-electron chi connectivity index (χ1n) is 10.8. The van der Waals surface area contributed by atoms with Gasteiger partial charge in [-0.05, 0) is 59.1 Å². The van der Waals surface area contributed by atoms with E-state index in [0.717, 1.165) is 37.6 Å². The number of hydrogen-bond acceptors (Lipinski definition) is 2. The second-order valence-corrected chi connectivity index (χ2v) is 11.0. The summed E-state index contributed by atoms with van der Waals surface area (Å²) in [6.07, 6.45) is 2.09. The van der Waals surface area contributed by atoms with Crippen LogP contribution in [-0.2, 0) is 5.41 Å². The molecular weight excluding hydrogens is 356 g/mol. The largest absolute Gasteiger partial charge is 0.494 e. The lowest BCUT2D eigenvalue weighted by molar-refractivity contribution is 0.242. The van der Waals surface area contributed by atoms with Crippen molar-refractivity contribution in [1.82, 2.24) is 0 Å². The second-order valence-electron chi connectivity index (χ2n) is 11.0. The summed E-state index contributed by atoms with van der Waals surface area (Å²) in [5, 5.41) is 0.